The van der Waals surface area contributed by atoms with E-state index < -0.39 is 6.04 Å². The summed E-state index contributed by atoms with van der Waals surface area (Å²) in [6.45, 7) is 6.71. The van der Waals surface area contributed by atoms with Gasteiger partial charge >= 0.3 is 12.0 Å². The van der Waals surface area contributed by atoms with E-state index in [9.17, 15) is 9.59 Å². The van der Waals surface area contributed by atoms with Crippen LogP contribution in [0.4, 0.5) is 4.79 Å². The first-order valence-electron chi connectivity index (χ1n) is 9.40. The van der Waals surface area contributed by atoms with Crippen molar-refractivity contribution < 1.29 is 14.3 Å². The van der Waals surface area contributed by atoms with Crippen LogP contribution in [0.25, 0.3) is 0 Å². The molecule has 6 heteroatoms. The number of hydrogen-bond donors (Lipinski definition) is 1. The van der Waals surface area contributed by atoms with Gasteiger partial charge in [0.2, 0.25) is 0 Å². The van der Waals surface area contributed by atoms with Crippen LogP contribution in [0.5, 0.6) is 0 Å². The highest BCUT2D eigenvalue weighted by Gasteiger charge is 2.43. The highest BCUT2D eigenvalue weighted by atomic mass is 32.2. The van der Waals surface area contributed by atoms with Crippen LogP contribution >= 0.6 is 11.8 Å². The second-order valence-electron chi connectivity index (χ2n) is 7.29. The summed E-state index contributed by atoms with van der Waals surface area (Å²) in [5, 5.41) is 3.23. The summed E-state index contributed by atoms with van der Waals surface area (Å²) < 4.78 is 5.32. The molecule has 1 aliphatic carbocycles. The molecule has 0 aromatic rings. The molecular weight excluding hydrogens is 324 g/mol. The van der Waals surface area contributed by atoms with E-state index in [2.05, 4.69) is 19.2 Å². The zero-order chi connectivity index (χ0) is 17.5. The molecule has 24 heavy (non-hydrogen) atoms. The first-order valence-corrected chi connectivity index (χ1v) is 10.4. The maximum atomic E-state index is 12.9. The third-order valence-corrected chi connectivity index (χ3v) is 5.97. The van der Waals surface area contributed by atoms with Crippen LogP contribution < -0.4 is 5.32 Å². The Labute approximate surface area is 150 Å². The molecule has 1 N–H and O–H groups in total. The minimum absolute atomic E-state index is 0.0627. The molecule has 1 saturated heterocycles. The van der Waals surface area contributed by atoms with Gasteiger partial charge < -0.3 is 10.1 Å². The average Bonchev–Trinajstić information content (AvgIpc) is 2.96. The zero-order valence-electron chi connectivity index (χ0n) is 15.3. The van der Waals surface area contributed by atoms with Crippen LogP contribution in [0.1, 0.15) is 65.7 Å². The first kappa shape index (κ1) is 19.4. The van der Waals surface area contributed by atoms with Crippen LogP contribution in [0.2, 0.25) is 0 Å². The van der Waals surface area contributed by atoms with E-state index in [1.54, 1.807) is 16.7 Å². The SMILES string of the molecule is CCCOC(=O)C1CSC(CC(C)C)N1C(=O)NC1CCCCC1. The van der Waals surface area contributed by atoms with Crippen molar-refractivity contribution >= 4 is 23.8 Å². The molecule has 2 atom stereocenters. The van der Waals surface area contributed by atoms with Gasteiger partial charge in [-0.3, -0.25) is 4.90 Å². The Bertz CT molecular complexity index is 424. The number of nitrogens with one attached hydrogen (secondary N) is 1. The van der Waals surface area contributed by atoms with E-state index in [0.29, 0.717) is 18.3 Å². The van der Waals surface area contributed by atoms with E-state index in [-0.39, 0.29) is 23.4 Å². The van der Waals surface area contributed by atoms with Gasteiger partial charge in [0, 0.05) is 11.8 Å². The number of nitrogens with zero attached hydrogens (tertiary/aromatic N) is 1. The number of thioether (sulfide) groups is 1. The first-order chi connectivity index (χ1) is 11.5. The average molecular weight is 357 g/mol. The molecule has 2 amide bonds. The Balaban J connectivity index is 2.03. The fraction of sp³-hybridized carbons (Fsp3) is 0.889. The Morgan fingerprint density at radius 2 is 1.96 bits per heavy atom. The van der Waals surface area contributed by atoms with Crippen LogP contribution in [-0.4, -0.2) is 46.7 Å². The number of ether oxygens (including phenoxy) is 1. The Kier molecular flexibility index (Phi) is 7.72. The summed E-state index contributed by atoms with van der Waals surface area (Å²) >= 11 is 1.70. The molecule has 0 aromatic carbocycles. The van der Waals surface area contributed by atoms with Crippen LogP contribution in [0.3, 0.4) is 0 Å². The van der Waals surface area contributed by atoms with E-state index in [4.69, 9.17) is 4.74 Å². The van der Waals surface area contributed by atoms with Gasteiger partial charge in [-0.1, -0.05) is 40.0 Å². The van der Waals surface area contributed by atoms with Crippen molar-refractivity contribution in [1.29, 1.82) is 0 Å². The maximum Gasteiger partial charge on any atom is 0.329 e. The third-order valence-electron chi connectivity index (χ3n) is 4.65. The van der Waals surface area contributed by atoms with Crippen molar-refractivity contribution in [2.75, 3.05) is 12.4 Å². The number of esters is 1. The molecular formula is C18H32N2O3S. The number of rotatable bonds is 6. The van der Waals surface area contributed by atoms with E-state index in [1.807, 2.05) is 6.92 Å². The fourth-order valence-electron chi connectivity index (χ4n) is 3.40. The number of hydrogen-bond acceptors (Lipinski definition) is 4. The van der Waals surface area contributed by atoms with Crippen molar-refractivity contribution in [3.63, 3.8) is 0 Å². The lowest BCUT2D eigenvalue weighted by atomic mass is 9.96. The Hall–Kier alpha value is -0.910. The lowest BCUT2D eigenvalue weighted by Crippen LogP contribution is -2.53. The number of carbonyl (C=O) groups is 2. The quantitative estimate of drug-likeness (QED) is 0.736. The predicted octanol–water partition coefficient (Wildman–Crippen LogP) is 3.77. The van der Waals surface area contributed by atoms with Crippen LogP contribution in [0.15, 0.2) is 0 Å². The maximum absolute atomic E-state index is 12.9. The predicted molar refractivity (Wildman–Crippen MR) is 98.0 cm³/mol. The lowest BCUT2D eigenvalue weighted by Gasteiger charge is -2.32. The summed E-state index contributed by atoms with van der Waals surface area (Å²) in [6, 6.07) is -0.284. The summed E-state index contributed by atoms with van der Waals surface area (Å²) in [7, 11) is 0. The molecule has 0 aromatic heterocycles. The molecule has 138 valence electrons. The molecule has 0 spiro atoms. The van der Waals surface area contributed by atoms with Gasteiger partial charge in [-0.25, -0.2) is 9.59 Å². The summed E-state index contributed by atoms with van der Waals surface area (Å²) in [6.07, 6.45) is 7.41. The van der Waals surface area contributed by atoms with E-state index in [0.717, 1.165) is 25.7 Å². The third kappa shape index (κ3) is 5.30. The number of amides is 2. The second-order valence-corrected chi connectivity index (χ2v) is 8.50. The summed E-state index contributed by atoms with van der Waals surface area (Å²) in [4.78, 5) is 27.0. The molecule has 0 bridgehead atoms. The van der Waals surface area contributed by atoms with Gasteiger partial charge in [-0.2, -0.15) is 0 Å². The van der Waals surface area contributed by atoms with Gasteiger partial charge in [0.15, 0.2) is 0 Å². The standard InChI is InChI=1S/C18H32N2O3S/c1-4-10-23-17(21)15-12-24-16(11-13(2)3)20(15)18(22)19-14-8-6-5-7-9-14/h13-16H,4-12H2,1-3H3,(H,19,22). The lowest BCUT2D eigenvalue weighted by molar-refractivity contribution is -0.148. The second kappa shape index (κ2) is 9.54. The Morgan fingerprint density at radius 3 is 2.58 bits per heavy atom. The summed E-state index contributed by atoms with van der Waals surface area (Å²) in [5.74, 6) is 0.866. The number of urea groups is 1. The molecule has 2 rings (SSSR count). The monoisotopic (exact) mass is 356 g/mol. The molecule has 2 fully saturated rings. The van der Waals surface area contributed by atoms with Crippen molar-refractivity contribution in [3.8, 4) is 0 Å². The van der Waals surface area contributed by atoms with Crippen LogP contribution in [0, 0.1) is 5.92 Å². The number of carbonyl (C=O) groups excluding carboxylic acids is 2. The van der Waals surface area contributed by atoms with Crippen molar-refractivity contribution in [2.45, 2.75) is 83.2 Å². The van der Waals surface area contributed by atoms with E-state index >= 15 is 0 Å². The summed E-state index contributed by atoms with van der Waals surface area (Å²) in [5.41, 5.74) is 0. The highest BCUT2D eigenvalue weighted by molar-refractivity contribution is 8.00. The van der Waals surface area contributed by atoms with E-state index in [1.165, 1.54) is 19.3 Å². The van der Waals surface area contributed by atoms with Gasteiger partial charge in [0.05, 0.1) is 12.0 Å². The van der Waals surface area contributed by atoms with Gasteiger partial charge in [-0.05, 0) is 31.6 Å². The van der Waals surface area contributed by atoms with Crippen molar-refractivity contribution in [1.82, 2.24) is 10.2 Å². The highest BCUT2D eigenvalue weighted by Crippen LogP contribution is 2.34. The van der Waals surface area contributed by atoms with Crippen molar-refractivity contribution in [3.05, 3.63) is 0 Å². The van der Waals surface area contributed by atoms with Gasteiger partial charge in [-0.15, -0.1) is 11.8 Å². The van der Waals surface area contributed by atoms with Gasteiger partial charge in [0.25, 0.3) is 0 Å². The van der Waals surface area contributed by atoms with Crippen LogP contribution in [-0.2, 0) is 9.53 Å². The molecule has 2 aliphatic rings. The largest absolute Gasteiger partial charge is 0.464 e. The minimum Gasteiger partial charge on any atom is -0.464 e. The molecule has 1 saturated carbocycles. The zero-order valence-corrected chi connectivity index (χ0v) is 16.1. The molecule has 1 aliphatic heterocycles. The molecule has 0 radical (unpaired) electrons. The fourth-order valence-corrected chi connectivity index (χ4v) is 5.02. The van der Waals surface area contributed by atoms with Crippen molar-refractivity contribution in [2.24, 2.45) is 5.92 Å². The van der Waals surface area contributed by atoms with Gasteiger partial charge in [0.1, 0.15) is 6.04 Å². The minimum atomic E-state index is -0.450. The Morgan fingerprint density at radius 1 is 1.25 bits per heavy atom. The normalized spacial score (nSPS) is 25.1. The topological polar surface area (TPSA) is 58.6 Å². The molecule has 1 heterocycles. The smallest absolute Gasteiger partial charge is 0.329 e. The molecule has 2 unspecified atom stereocenters. The molecule has 5 nitrogen and oxygen atoms in total.